The van der Waals surface area contributed by atoms with Crippen molar-refractivity contribution in [1.82, 2.24) is 4.90 Å². The fourth-order valence-corrected chi connectivity index (χ4v) is 3.48. The molecule has 1 heterocycles. The van der Waals surface area contributed by atoms with Gasteiger partial charge in [0.15, 0.2) is 0 Å². The predicted octanol–water partition coefficient (Wildman–Crippen LogP) is 2.66. The molecule has 0 N–H and O–H groups in total. The van der Waals surface area contributed by atoms with Crippen LogP contribution in [0.2, 0.25) is 0 Å². The molecule has 1 saturated carbocycles. The largest absolute Gasteiger partial charge is 0.363 e. The van der Waals surface area contributed by atoms with Crippen LogP contribution in [0.15, 0.2) is 24.3 Å². The van der Waals surface area contributed by atoms with E-state index in [1.165, 1.54) is 25.7 Å². The highest BCUT2D eigenvalue weighted by atomic mass is 16.6. The van der Waals surface area contributed by atoms with Crippen molar-refractivity contribution in [3.63, 3.8) is 0 Å². The highest BCUT2D eigenvalue weighted by Gasteiger charge is 2.28. The third-order valence-corrected chi connectivity index (χ3v) is 4.57. The van der Waals surface area contributed by atoms with Crippen molar-refractivity contribution in [3.05, 3.63) is 34.4 Å². The van der Waals surface area contributed by atoms with E-state index in [9.17, 15) is 10.1 Å². The minimum Gasteiger partial charge on any atom is -0.363 e. The summed E-state index contributed by atoms with van der Waals surface area (Å²) in [6.45, 7) is 3.83. The first-order chi connectivity index (χ1) is 9.75. The Morgan fingerprint density at radius 1 is 1.05 bits per heavy atom. The maximum absolute atomic E-state index is 11.1. The zero-order valence-corrected chi connectivity index (χ0v) is 11.7. The van der Waals surface area contributed by atoms with Gasteiger partial charge in [0.05, 0.1) is 4.92 Å². The Kier molecular flexibility index (Phi) is 3.87. The van der Waals surface area contributed by atoms with E-state index in [4.69, 9.17) is 0 Å². The van der Waals surface area contributed by atoms with Gasteiger partial charge >= 0.3 is 0 Å². The van der Waals surface area contributed by atoms with E-state index in [1.807, 2.05) is 12.1 Å². The van der Waals surface area contributed by atoms with Gasteiger partial charge in [0, 0.05) is 38.3 Å². The monoisotopic (exact) mass is 275 g/mol. The molecule has 2 aliphatic rings. The molecule has 3 rings (SSSR count). The highest BCUT2D eigenvalue weighted by molar-refractivity contribution is 5.63. The van der Waals surface area contributed by atoms with Crippen molar-refractivity contribution in [1.29, 1.82) is 0 Å². The summed E-state index contributed by atoms with van der Waals surface area (Å²) in [4.78, 5) is 15.6. The molecule has 108 valence electrons. The molecule has 5 heteroatoms. The summed E-state index contributed by atoms with van der Waals surface area (Å²) in [5.74, 6) is 0. The van der Waals surface area contributed by atoms with Crippen molar-refractivity contribution in [2.75, 3.05) is 31.1 Å². The Morgan fingerprint density at radius 2 is 1.70 bits per heavy atom. The van der Waals surface area contributed by atoms with Crippen molar-refractivity contribution in [3.8, 4) is 0 Å². The van der Waals surface area contributed by atoms with Gasteiger partial charge in [0.2, 0.25) is 0 Å². The molecule has 1 aliphatic heterocycles. The summed E-state index contributed by atoms with van der Waals surface area (Å²) in [6, 6.07) is 7.83. The molecule has 2 fully saturated rings. The van der Waals surface area contributed by atoms with Gasteiger partial charge in [-0.05, 0) is 18.9 Å². The van der Waals surface area contributed by atoms with E-state index in [2.05, 4.69) is 9.80 Å². The molecule has 0 spiro atoms. The summed E-state index contributed by atoms with van der Waals surface area (Å²) >= 11 is 0. The number of piperazine rings is 1. The fourth-order valence-electron chi connectivity index (χ4n) is 3.48. The first kappa shape index (κ1) is 13.4. The van der Waals surface area contributed by atoms with Crippen molar-refractivity contribution in [2.24, 2.45) is 0 Å². The first-order valence-electron chi connectivity index (χ1n) is 7.48. The third kappa shape index (κ3) is 2.63. The maximum atomic E-state index is 11.1. The summed E-state index contributed by atoms with van der Waals surface area (Å²) in [7, 11) is 0. The SMILES string of the molecule is O=[N+]([O-])c1ccccc1N1CCN(C2CCCC2)CC1. The second kappa shape index (κ2) is 5.79. The summed E-state index contributed by atoms with van der Waals surface area (Å²) in [6.07, 6.45) is 5.36. The molecular formula is C15H21N3O2. The minimum absolute atomic E-state index is 0.224. The van der Waals surface area contributed by atoms with Crippen LogP contribution in [-0.4, -0.2) is 42.0 Å². The summed E-state index contributed by atoms with van der Waals surface area (Å²) in [5.41, 5.74) is 0.991. The van der Waals surface area contributed by atoms with Crippen molar-refractivity contribution >= 4 is 11.4 Å². The number of nitrogens with zero attached hydrogens (tertiary/aromatic N) is 3. The number of rotatable bonds is 3. The predicted molar refractivity (Wildman–Crippen MR) is 79.1 cm³/mol. The van der Waals surface area contributed by atoms with Crippen LogP contribution < -0.4 is 4.90 Å². The Hall–Kier alpha value is -1.62. The second-order valence-electron chi connectivity index (χ2n) is 5.71. The van der Waals surface area contributed by atoms with Gasteiger partial charge in [-0.2, -0.15) is 0 Å². The Bertz CT molecular complexity index is 478. The molecule has 1 aromatic rings. The summed E-state index contributed by atoms with van der Waals surface area (Å²) in [5, 5.41) is 11.1. The van der Waals surface area contributed by atoms with Gasteiger partial charge in [-0.3, -0.25) is 15.0 Å². The highest BCUT2D eigenvalue weighted by Crippen LogP contribution is 2.30. The van der Waals surface area contributed by atoms with Gasteiger partial charge < -0.3 is 4.90 Å². The quantitative estimate of drug-likeness (QED) is 0.628. The minimum atomic E-state index is -0.279. The van der Waals surface area contributed by atoms with Crippen LogP contribution in [0.5, 0.6) is 0 Å². The molecule has 0 amide bonds. The summed E-state index contributed by atoms with van der Waals surface area (Å²) < 4.78 is 0. The number of anilines is 1. The van der Waals surface area contributed by atoms with Crippen molar-refractivity contribution in [2.45, 2.75) is 31.7 Å². The standard InChI is InChI=1S/C15H21N3O2/c19-18(20)15-8-4-3-7-14(15)17-11-9-16(10-12-17)13-5-1-2-6-13/h3-4,7-8,13H,1-2,5-6,9-12H2. The van der Waals surface area contributed by atoms with E-state index >= 15 is 0 Å². The van der Waals surface area contributed by atoms with Crippen LogP contribution in [0, 0.1) is 10.1 Å². The number of nitro benzene ring substituents is 1. The van der Waals surface area contributed by atoms with Gasteiger partial charge in [0.1, 0.15) is 5.69 Å². The number of benzene rings is 1. The lowest BCUT2D eigenvalue weighted by atomic mass is 10.1. The van der Waals surface area contributed by atoms with E-state index in [0.29, 0.717) is 0 Å². The molecule has 0 atom stereocenters. The van der Waals surface area contributed by atoms with Crippen LogP contribution in [-0.2, 0) is 0 Å². The van der Waals surface area contributed by atoms with E-state index in [1.54, 1.807) is 12.1 Å². The smallest absolute Gasteiger partial charge is 0.292 e. The molecular weight excluding hydrogens is 254 g/mol. The lowest BCUT2D eigenvalue weighted by molar-refractivity contribution is -0.384. The molecule has 0 radical (unpaired) electrons. The molecule has 1 saturated heterocycles. The molecule has 0 unspecified atom stereocenters. The lowest BCUT2D eigenvalue weighted by Crippen LogP contribution is -2.49. The van der Waals surface area contributed by atoms with Crippen LogP contribution in [0.3, 0.4) is 0 Å². The number of hydrogen-bond donors (Lipinski definition) is 0. The van der Waals surface area contributed by atoms with Crippen LogP contribution in [0.25, 0.3) is 0 Å². The van der Waals surface area contributed by atoms with Gasteiger partial charge in [-0.1, -0.05) is 25.0 Å². The average Bonchev–Trinajstić information content (AvgIpc) is 3.02. The Morgan fingerprint density at radius 3 is 2.35 bits per heavy atom. The molecule has 5 nitrogen and oxygen atoms in total. The zero-order valence-electron chi connectivity index (χ0n) is 11.7. The van der Waals surface area contributed by atoms with Gasteiger partial charge in [-0.15, -0.1) is 0 Å². The topological polar surface area (TPSA) is 49.6 Å². The molecule has 1 aromatic carbocycles. The molecule has 20 heavy (non-hydrogen) atoms. The average molecular weight is 275 g/mol. The number of para-hydroxylation sites is 2. The third-order valence-electron chi connectivity index (χ3n) is 4.57. The van der Waals surface area contributed by atoms with Gasteiger partial charge in [-0.25, -0.2) is 0 Å². The van der Waals surface area contributed by atoms with Crippen molar-refractivity contribution < 1.29 is 4.92 Å². The first-order valence-corrected chi connectivity index (χ1v) is 7.48. The molecule has 0 aromatic heterocycles. The Labute approximate surface area is 119 Å². The lowest BCUT2D eigenvalue weighted by Gasteiger charge is -2.38. The Balaban J connectivity index is 1.67. The van der Waals surface area contributed by atoms with E-state index < -0.39 is 0 Å². The molecule has 0 bridgehead atoms. The van der Waals surface area contributed by atoms with Crippen LogP contribution in [0.4, 0.5) is 11.4 Å². The number of nitro groups is 1. The van der Waals surface area contributed by atoms with Gasteiger partial charge in [0.25, 0.3) is 5.69 Å². The normalized spacial score (nSPS) is 21.3. The van der Waals surface area contributed by atoms with E-state index in [-0.39, 0.29) is 10.6 Å². The number of hydrogen-bond acceptors (Lipinski definition) is 4. The second-order valence-corrected chi connectivity index (χ2v) is 5.71. The van der Waals surface area contributed by atoms with Crippen LogP contribution in [0.1, 0.15) is 25.7 Å². The van der Waals surface area contributed by atoms with Crippen LogP contribution >= 0.6 is 0 Å². The maximum Gasteiger partial charge on any atom is 0.292 e. The molecule has 1 aliphatic carbocycles. The van der Waals surface area contributed by atoms with E-state index in [0.717, 1.165) is 37.9 Å². The fraction of sp³-hybridized carbons (Fsp3) is 0.600. The zero-order chi connectivity index (χ0) is 13.9.